The van der Waals surface area contributed by atoms with E-state index in [1.54, 1.807) is 13.1 Å². The van der Waals surface area contributed by atoms with Gasteiger partial charge in [0.05, 0.1) is 11.6 Å². The molecule has 5 nitrogen and oxygen atoms in total. The highest BCUT2D eigenvalue weighted by atomic mass is 35.5. The molecule has 86 valence electrons. The molecule has 0 spiro atoms. The van der Waals surface area contributed by atoms with E-state index in [4.69, 9.17) is 21.8 Å². The van der Waals surface area contributed by atoms with Crippen molar-refractivity contribution in [1.29, 1.82) is 0 Å². The van der Waals surface area contributed by atoms with Crippen LogP contribution in [0.15, 0.2) is 21.3 Å². The minimum Gasteiger partial charge on any atom is -0.408 e. The van der Waals surface area contributed by atoms with E-state index in [9.17, 15) is 9.90 Å². The van der Waals surface area contributed by atoms with Gasteiger partial charge in [-0.15, -0.1) is 0 Å². The number of aromatic nitrogens is 1. The Labute approximate surface area is 96.0 Å². The van der Waals surface area contributed by atoms with Crippen molar-refractivity contribution in [3.05, 3.63) is 33.3 Å². The molecule has 1 aromatic heterocycles. The molecular weight excluding hydrogens is 232 g/mol. The zero-order chi connectivity index (χ0) is 11.9. The SMILES string of the molecule is Cn1c(=O)oc2cc(C(O)CN)c(Cl)cc21. The van der Waals surface area contributed by atoms with Gasteiger partial charge >= 0.3 is 5.76 Å². The van der Waals surface area contributed by atoms with Crippen molar-refractivity contribution in [2.24, 2.45) is 12.8 Å². The fourth-order valence-corrected chi connectivity index (χ4v) is 1.83. The molecule has 16 heavy (non-hydrogen) atoms. The second-order valence-corrected chi connectivity index (χ2v) is 3.93. The Kier molecular flexibility index (Phi) is 2.75. The van der Waals surface area contributed by atoms with E-state index in [0.29, 0.717) is 21.7 Å². The number of fused-ring (bicyclic) bond motifs is 1. The van der Waals surface area contributed by atoms with Gasteiger partial charge in [-0.2, -0.15) is 0 Å². The molecule has 1 unspecified atom stereocenters. The molecule has 1 heterocycles. The summed E-state index contributed by atoms with van der Waals surface area (Å²) < 4.78 is 6.33. The number of aliphatic hydroxyl groups is 1. The molecule has 0 aliphatic rings. The van der Waals surface area contributed by atoms with Crippen LogP contribution in [0.1, 0.15) is 11.7 Å². The predicted molar refractivity (Wildman–Crippen MR) is 60.5 cm³/mol. The fourth-order valence-electron chi connectivity index (χ4n) is 1.55. The number of rotatable bonds is 2. The van der Waals surface area contributed by atoms with Gasteiger partial charge in [-0.3, -0.25) is 4.57 Å². The van der Waals surface area contributed by atoms with Crippen LogP contribution in [0, 0.1) is 0 Å². The van der Waals surface area contributed by atoms with E-state index < -0.39 is 11.9 Å². The van der Waals surface area contributed by atoms with Gasteiger partial charge in [-0.25, -0.2) is 4.79 Å². The van der Waals surface area contributed by atoms with E-state index in [0.717, 1.165) is 0 Å². The quantitative estimate of drug-likeness (QED) is 0.815. The largest absolute Gasteiger partial charge is 0.419 e. The van der Waals surface area contributed by atoms with Crippen molar-refractivity contribution >= 4 is 22.7 Å². The first-order valence-corrected chi connectivity index (χ1v) is 5.09. The summed E-state index contributed by atoms with van der Waals surface area (Å²) in [6.45, 7) is 0.0578. The summed E-state index contributed by atoms with van der Waals surface area (Å²) in [5.74, 6) is -0.467. The van der Waals surface area contributed by atoms with Gasteiger partial charge in [0.25, 0.3) is 0 Å². The molecule has 0 saturated carbocycles. The van der Waals surface area contributed by atoms with Gasteiger partial charge in [-0.1, -0.05) is 11.6 Å². The Morgan fingerprint density at radius 3 is 2.94 bits per heavy atom. The summed E-state index contributed by atoms with van der Waals surface area (Å²) in [5.41, 5.74) is 6.78. The summed E-state index contributed by atoms with van der Waals surface area (Å²) in [7, 11) is 1.59. The predicted octanol–water partition coefficient (Wildman–Crippen LogP) is 0.777. The zero-order valence-electron chi connectivity index (χ0n) is 8.61. The number of hydrogen-bond donors (Lipinski definition) is 2. The van der Waals surface area contributed by atoms with Crippen LogP contribution in [0.5, 0.6) is 0 Å². The third kappa shape index (κ3) is 1.63. The number of halogens is 1. The standard InChI is InChI=1S/C10H11ClN2O3/c1-13-7-3-6(11)5(8(14)4-12)2-9(7)16-10(13)15/h2-3,8,14H,4,12H2,1H3. The van der Waals surface area contributed by atoms with Crippen LogP contribution in [-0.4, -0.2) is 16.2 Å². The van der Waals surface area contributed by atoms with Gasteiger partial charge < -0.3 is 15.3 Å². The lowest BCUT2D eigenvalue weighted by molar-refractivity contribution is 0.187. The number of oxazole rings is 1. The lowest BCUT2D eigenvalue weighted by Gasteiger charge is -2.09. The number of hydrogen-bond acceptors (Lipinski definition) is 4. The van der Waals surface area contributed by atoms with Crippen LogP contribution in [-0.2, 0) is 7.05 Å². The van der Waals surface area contributed by atoms with Crippen molar-refractivity contribution in [2.75, 3.05) is 6.54 Å². The van der Waals surface area contributed by atoms with Crippen molar-refractivity contribution in [2.45, 2.75) is 6.10 Å². The minimum absolute atomic E-state index is 0.0578. The monoisotopic (exact) mass is 242 g/mol. The number of benzene rings is 1. The number of aryl methyl sites for hydroxylation is 1. The lowest BCUT2D eigenvalue weighted by Crippen LogP contribution is -2.12. The van der Waals surface area contributed by atoms with Crippen LogP contribution in [0.25, 0.3) is 11.1 Å². The Morgan fingerprint density at radius 1 is 1.62 bits per heavy atom. The Hall–Kier alpha value is -1.30. The van der Waals surface area contributed by atoms with E-state index in [-0.39, 0.29) is 6.54 Å². The normalized spacial score (nSPS) is 13.2. The third-order valence-electron chi connectivity index (χ3n) is 2.49. The molecule has 1 aromatic carbocycles. The van der Waals surface area contributed by atoms with Crippen molar-refractivity contribution in [3.8, 4) is 0 Å². The van der Waals surface area contributed by atoms with Crippen molar-refractivity contribution in [3.63, 3.8) is 0 Å². The van der Waals surface area contributed by atoms with Crippen LogP contribution in [0.4, 0.5) is 0 Å². The molecule has 1 atom stereocenters. The summed E-state index contributed by atoms with van der Waals surface area (Å²) in [4.78, 5) is 11.3. The molecular formula is C10H11ClN2O3. The highest BCUT2D eigenvalue weighted by Gasteiger charge is 2.14. The smallest absolute Gasteiger partial charge is 0.408 e. The van der Waals surface area contributed by atoms with Crippen LogP contribution in [0.2, 0.25) is 5.02 Å². The first-order valence-electron chi connectivity index (χ1n) is 4.71. The molecule has 3 N–H and O–H groups in total. The maximum absolute atomic E-state index is 11.3. The van der Waals surface area contributed by atoms with E-state index >= 15 is 0 Å². The van der Waals surface area contributed by atoms with E-state index in [1.807, 2.05) is 0 Å². The Bertz CT molecular complexity index is 587. The van der Waals surface area contributed by atoms with Crippen molar-refractivity contribution < 1.29 is 9.52 Å². The molecule has 0 bridgehead atoms. The molecule has 0 fully saturated rings. The number of nitrogens with two attached hydrogens (primary N) is 1. The van der Waals surface area contributed by atoms with E-state index in [1.165, 1.54) is 10.6 Å². The van der Waals surface area contributed by atoms with Gasteiger partial charge in [0.15, 0.2) is 5.58 Å². The van der Waals surface area contributed by atoms with E-state index in [2.05, 4.69) is 0 Å². The van der Waals surface area contributed by atoms with Gasteiger partial charge in [0.2, 0.25) is 0 Å². The highest BCUT2D eigenvalue weighted by Crippen LogP contribution is 2.27. The maximum Gasteiger partial charge on any atom is 0.419 e. The third-order valence-corrected chi connectivity index (χ3v) is 2.82. The summed E-state index contributed by atoms with van der Waals surface area (Å²) in [6.07, 6.45) is -0.859. The molecule has 0 radical (unpaired) electrons. The average Bonchev–Trinajstić information content (AvgIpc) is 2.53. The second kappa shape index (κ2) is 3.93. The molecule has 0 aliphatic heterocycles. The molecule has 0 saturated heterocycles. The van der Waals surface area contributed by atoms with Crippen LogP contribution < -0.4 is 11.5 Å². The topological polar surface area (TPSA) is 81.4 Å². The first-order chi connectivity index (χ1) is 7.54. The summed E-state index contributed by atoms with van der Waals surface area (Å²) >= 11 is 5.99. The first kappa shape index (κ1) is 11.2. The molecule has 0 aliphatic carbocycles. The fraction of sp³-hybridized carbons (Fsp3) is 0.300. The Balaban J connectivity index is 2.72. The number of aliphatic hydroxyl groups excluding tert-OH is 1. The van der Waals surface area contributed by atoms with Gasteiger partial charge in [0.1, 0.15) is 0 Å². The molecule has 2 aromatic rings. The van der Waals surface area contributed by atoms with Crippen molar-refractivity contribution in [1.82, 2.24) is 4.57 Å². The number of nitrogens with zero attached hydrogens (tertiary/aromatic N) is 1. The van der Waals surface area contributed by atoms with Gasteiger partial charge in [0, 0.05) is 24.2 Å². The van der Waals surface area contributed by atoms with Crippen LogP contribution in [0.3, 0.4) is 0 Å². The van der Waals surface area contributed by atoms with Crippen LogP contribution >= 0.6 is 11.6 Å². The molecule has 0 amide bonds. The molecule has 6 heteroatoms. The van der Waals surface area contributed by atoms with Gasteiger partial charge in [-0.05, 0) is 12.1 Å². The Morgan fingerprint density at radius 2 is 2.31 bits per heavy atom. The lowest BCUT2D eigenvalue weighted by atomic mass is 10.1. The second-order valence-electron chi connectivity index (χ2n) is 3.52. The zero-order valence-corrected chi connectivity index (χ0v) is 9.36. The molecule has 2 rings (SSSR count). The summed E-state index contributed by atoms with van der Waals surface area (Å²) in [5, 5.41) is 9.97. The average molecular weight is 243 g/mol. The minimum atomic E-state index is -0.859. The summed E-state index contributed by atoms with van der Waals surface area (Å²) in [6, 6.07) is 3.12. The maximum atomic E-state index is 11.3. The highest BCUT2D eigenvalue weighted by molar-refractivity contribution is 6.32.